The molecule has 2 unspecified atom stereocenters. The number of pyridine rings is 1. The Morgan fingerprint density at radius 2 is 1.96 bits per heavy atom. The van der Waals surface area contributed by atoms with Crippen LogP contribution >= 0.6 is 11.6 Å². The maximum atomic E-state index is 13.4. The Morgan fingerprint density at radius 3 is 2.70 bits per heavy atom. The summed E-state index contributed by atoms with van der Waals surface area (Å²) in [5.74, 6) is 0.394. The number of hydrogen-bond donors (Lipinski definition) is 1. The summed E-state index contributed by atoms with van der Waals surface area (Å²) in [6, 6.07) is 17.4. The first kappa shape index (κ1) is 18.0. The Kier molecular flexibility index (Phi) is 4.85. The van der Waals surface area contributed by atoms with E-state index in [1.807, 2.05) is 59.5 Å². The van der Waals surface area contributed by atoms with Gasteiger partial charge in [0.25, 0.3) is 5.91 Å². The normalized spacial score (nSPS) is 19.6. The third-order valence-corrected chi connectivity index (χ3v) is 5.68. The molecular weight excluding hydrogens is 358 g/mol. The van der Waals surface area contributed by atoms with Gasteiger partial charge in [-0.25, -0.2) is 4.98 Å². The lowest BCUT2D eigenvalue weighted by molar-refractivity contribution is 0.0745. The molecular formula is C22H22ClN3O. The smallest absolute Gasteiger partial charge is 0.254 e. The molecule has 1 saturated heterocycles. The summed E-state index contributed by atoms with van der Waals surface area (Å²) in [4.78, 5) is 20.1. The molecule has 3 aromatic rings. The van der Waals surface area contributed by atoms with Gasteiger partial charge < -0.3 is 10.6 Å². The summed E-state index contributed by atoms with van der Waals surface area (Å²) in [6.07, 6.45) is 0.947. The standard InChI is InChI=1S/C22H22ClN3O/c1-14-10-15(12-24)13-26(14)22(27)18-11-21(17-7-2-4-8-19(17)23)25-20-9-5-3-6-16(18)20/h2-9,11,14-15H,10,12-13,24H2,1H3. The molecule has 2 aromatic carbocycles. The quantitative estimate of drug-likeness (QED) is 0.735. The highest BCUT2D eigenvalue weighted by molar-refractivity contribution is 6.33. The highest BCUT2D eigenvalue weighted by atomic mass is 35.5. The molecule has 1 aliphatic heterocycles. The number of benzene rings is 2. The molecule has 0 spiro atoms. The number of nitrogens with zero attached hydrogens (tertiary/aromatic N) is 2. The van der Waals surface area contributed by atoms with Crippen LogP contribution in [0.1, 0.15) is 23.7 Å². The van der Waals surface area contributed by atoms with Gasteiger partial charge in [-0.05, 0) is 44.0 Å². The zero-order chi connectivity index (χ0) is 19.0. The molecule has 4 rings (SSSR count). The van der Waals surface area contributed by atoms with E-state index in [9.17, 15) is 4.79 Å². The molecule has 2 N–H and O–H groups in total. The molecule has 0 bridgehead atoms. The molecule has 1 amide bonds. The Balaban J connectivity index is 1.84. The minimum absolute atomic E-state index is 0.0327. The van der Waals surface area contributed by atoms with E-state index in [1.165, 1.54) is 0 Å². The fourth-order valence-corrected chi connectivity index (χ4v) is 4.14. The van der Waals surface area contributed by atoms with Gasteiger partial charge in [0.05, 0.1) is 16.8 Å². The molecule has 0 aliphatic carbocycles. The van der Waals surface area contributed by atoms with Crippen LogP contribution in [0, 0.1) is 5.92 Å². The Bertz CT molecular complexity index is 1000. The maximum absolute atomic E-state index is 13.4. The monoisotopic (exact) mass is 379 g/mol. The summed E-state index contributed by atoms with van der Waals surface area (Å²) in [5, 5.41) is 1.48. The van der Waals surface area contributed by atoms with Crippen molar-refractivity contribution in [3.8, 4) is 11.3 Å². The fraction of sp³-hybridized carbons (Fsp3) is 0.273. The molecule has 4 nitrogen and oxygen atoms in total. The van der Waals surface area contributed by atoms with E-state index in [0.29, 0.717) is 35.3 Å². The third-order valence-electron chi connectivity index (χ3n) is 5.35. The van der Waals surface area contributed by atoms with Crippen molar-refractivity contribution in [2.75, 3.05) is 13.1 Å². The van der Waals surface area contributed by atoms with Crippen molar-refractivity contribution in [2.24, 2.45) is 11.7 Å². The van der Waals surface area contributed by atoms with E-state index in [4.69, 9.17) is 22.3 Å². The minimum Gasteiger partial charge on any atom is -0.336 e. The second-order valence-corrected chi connectivity index (χ2v) is 7.60. The van der Waals surface area contributed by atoms with Crippen LogP contribution in [0.4, 0.5) is 0 Å². The second kappa shape index (κ2) is 7.29. The average molecular weight is 380 g/mol. The number of hydrogen-bond acceptors (Lipinski definition) is 3. The van der Waals surface area contributed by atoms with E-state index in [2.05, 4.69) is 6.92 Å². The summed E-state index contributed by atoms with van der Waals surface area (Å²) in [7, 11) is 0. The van der Waals surface area contributed by atoms with Crippen LogP contribution in [0.25, 0.3) is 22.2 Å². The molecule has 1 aromatic heterocycles. The third kappa shape index (κ3) is 3.31. The van der Waals surface area contributed by atoms with Gasteiger partial charge in [-0.1, -0.05) is 48.0 Å². The zero-order valence-electron chi connectivity index (χ0n) is 15.2. The summed E-state index contributed by atoms with van der Waals surface area (Å²) >= 11 is 6.38. The van der Waals surface area contributed by atoms with Crippen LogP contribution < -0.4 is 5.73 Å². The molecule has 5 heteroatoms. The van der Waals surface area contributed by atoms with Crippen LogP contribution in [0.5, 0.6) is 0 Å². The van der Waals surface area contributed by atoms with Crippen molar-refractivity contribution in [2.45, 2.75) is 19.4 Å². The topological polar surface area (TPSA) is 59.2 Å². The highest BCUT2D eigenvalue weighted by Gasteiger charge is 2.33. The lowest BCUT2D eigenvalue weighted by Gasteiger charge is -2.23. The first-order valence-corrected chi connectivity index (χ1v) is 9.62. The van der Waals surface area contributed by atoms with Gasteiger partial charge in [-0.3, -0.25) is 4.79 Å². The van der Waals surface area contributed by atoms with Crippen LogP contribution in [0.2, 0.25) is 5.02 Å². The van der Waals surface area contributed by atoms with Crippen LogP contribution in [0.3, 0.4) is 0 Å². The number of likely N-dealkylation sites (tertiary alicyclic amines) is 1. The number of halogens is 1. The van der Waals surface area contributed by atoms with Crippen LogP contribution in [0.15, 0.2) is 54.6 Å². The average Bonchev–Trinajstić information content (AvgIpc) is 3.08. The Morgan fingerprint density at radius 1 is 1.22 bits per heavy atom. The van der Waals surface area contributed by atoms with Gasteiger partial charge in [0.15, 0.2) is 0 Å². The number of amides is 1. The molecule has 0 radical (unpaired) electrons. The molecule has 0 saturated carbocycles. The van der Waals surface area contributed by atoms with Gasteiger partial charge >= 0.3 is 0 Å². The first-order valence-electron chi connectivity index (χ1n) is 9.24. The van der Waals surface area contributed by atoms with Crippen molar-refractivity contribution in [1.82, 2.24) is 9.88 Å². The van der Waals surface area contributed by atoms with E-state index >= 15 is 0 Å². The largest absolute Gasteiger partial charge is 0.336 e. The number of fused-ring (bicyclic) bond motifs is 1. The van der Waals surface area contributed by atoms with Gasteiger partial charge in [0.2, 0.25) is 0 Å². The minimum atomic E-state index is 0.0327. The molecule has 2 heterocycles. The number of rotatable bonds is 3. The molecule has 27 heavy (non-hydrogen) atoms. The number of nitrogens with two attached hydrogens (primary N) is 1. The molecule has 1 aliphatic rings. The summed E-state index contributed by atoms with van der Waals surface area (Å²) < 4.78 is 0. The number of carbonyl (C=O) groups excluding carboxylic acids is 1. The van der Waals surface area contributed by atoms with Gasteiger partial charge in [-0.15, -0.1) is 0 Å². The zero-order valence-corrected chi connectivity index (χ0v) is 16.0. The first-order chi connectivity index (χ1) is 13.1. The van der Waals surface area contributed by atoms with Crippen molar-refractivity contribution in [1.29, 1.82) is 0 Å². The summed E-state index contributed by atoms with van der Waals surface area (Å²) in [6.45, 7) is 3.40. The molecule has 138 valence electrons. The van der Waals surface area contributed by atoms with Crippen molar-refractivity contribution in [3.05, 3.63) is 65.2 Å². The lowest BCUT2D eigenvalue weighted by Crippen LogP contribution is -2.34. The Labute approximate surface area is 164 Å². The van der Waals surface area contributed by atoms with E-state index in [0.717, 1.165) is 22.9 Å². The fourth-order valence-electron chi connectivity index (χ4n) is 3.91. The second-order valence-electron chi connectivity index (χ2n) is 7.20. The van der Waals surface area contributed by atoms with Gasteiger partial charge in [0, 0.05) is 28.6 Å². The van der Waals surface area contributed by atoms with Crippen LogP contribution in [-0.2, 0) is 0 Å². The lowest BCUT2D eigenvalue weighted by atomic mass is 10.0. The molecule has 2 atom stereocenters. The van der Waals surface area contributed by atoms with Gasteiger partial charge in [0.1, 0.15) is 0 Å². The SMILES string of the molecule is CC1CC(CN)CN1C(=O)c1cc(-c2ccccc2Cl)nc2ccccc12. The Hall–Kier alpha value is -2.43. The number of para-hydroxylation sites is 1. The van der Waals surface area contributed by atoms with E-state index in [1.54, 1.807) is 0 Å². The van der Waals surface area contributed by atoms with Crippen molar-refractivity contribution >= 4 is 28.4 Å². The van der Waals surface area contributed by atoms with Crippen molar-refractivity contribution in [3.63, 3.8) is 0 Å². The highest BCUT2D eigenvalue weighted by Crippen LogP contribution is 2.32. The van der Waals surface area contributed by atoms with Crippen LogP contribution in [-0.4, -0.2) is 34.9 Å². The molecule has 1 fully saturated rings. The number of aromatic nitrogens is 1. The van der Waals surface area contributed by atoms with E-state index in [-0.39, 0.29) is 11.9 Å². The van der Waals surface area contributed by atoms with E-state index < -0.39 is 0 Å². The predicted octanol–water partition coefficient (Wildman–Crippen LogP) is 4.36. The number of carbonyl (C=O) groups is 1. The predicted molar refractivity (Wildman–Crippen MR) is 110 cm³/mol. The van der Waals surface area contributed by atoms with Gasteiger partial charge in [-0.2, -0.15) is 0 Å². The van der Waals surface area contributed by atoms with Crippen molar-refractivity contribution < 1.29 is 4.79 Å². The summed E-state index contributed by atoms with van der Waals surface area (Å²) in [5.41, 5.74) is 8.84. The maximum Gasteiger partial charge on any atom is 0.254 e.